The number of fused-ring (bicyclic) bond motifs is 2. The largest absolute Gasteiger partial charge is 0.486 e. The van der Waals surface area contributed by atoms with Crippen molar-refractivity contribution < 1.29 is 9.47 Å². The van der Waals surface area contributed by atoms with Crippen molar-refractivity contribution in [1.82, 2.24) is 4.90 Å². The van der Waals surface area contributed by atoms with Gasteiger partial charge in [0.15, 0.2) is 11.5 Å². The maximum absolute atomic E-state index is 6.32. The molecule has 2 aliphatic heterocycles. The Hall–Kier alpha value is -0.490. The molecule has 1 saturated carbocycles. The Morgan fingerprint density at radius 1 is 1.13 bits per heavy atom. The van der Waals surface area contributed by atoms with Gasteiger partial charge in [-0.25, -0.2) is 0 Å². The summed E-state index contributed by atoms with van der Waals surface area (Å²) in [5, 5.41) is 0. The van der Waals surface area contributed by atoms with E-state index < -0.39 is 0 Å². The summed E-state index contributed by atoms with van der Waals surface area (Å²) in [5.41, 5.74) is 7.60. The van der Waals surface area contributed by atoms with Crippen LogP contribution in [0.1, 0.15) is 24.8 Å². The predicted octanol–water partition coefficient (Wildman–Crippen LogP) is 3.20. The van der Waals surface area contributed by atoms with Gasteiger partial charge in [0.1, 0.15) is 13.2 Å². The standard InChI is InChI=1S/C17H23BrN2O2.ClH/c18-14-7-17-16(21-4-5-22-17)6-12(14)9-20-8-11-2-1-3-15(19)13(11)10-20;/h6-7,11,13,15H,1-5,8-10,19H2;1H. The smallest absolute Gasteiger partial charge is 0.162 e. The van der Waals surface area contributed by atoms with Crippen LogP contribution >= 0.6 is 28.3 Å². The average molecular weight is 404 g/mol. The van der Waals surface area contributed by atoms with Gasteiger partial charge in [0, 0.05) is 30.1 Å². The van der Waals surface area contributed by atoms with Crippen LogP contribution in [-0.4, -0.2) is 37.2 Å². The fourth-order valence-corrected chi connectivity index (χ4v) is 4.65. The fraction of sp³-hybridized carbons (Fsp3) is 0.647. The number of likely N-dealkylation sites (tertiary alicyclic amines) is 1. The summed E-state index contributed by atoms with van der Waals surface area (Å²) >= 11 is 3.68. The highest BCUT2D eigenvalue weighted by molar-refractivity contribution is 9.10. The number of hydrogen-bond acceptors (Lipinski definition) is 4. The van der Waals surface area contributed by atoms with E-state index in [1.54, 1.807) is 0 Å². The number of rotatable bonds is 2. The third-order valence-electron chi connectivity index (χ3n) is 5.33. The molecule has 2 fully saturated rings. The summed E-state index contributed by atoms with van der Waals surface area (Å²) in [5.74, 6) is 3.20. The van der Waals surface area contributed by atoms with Crippen LogP contribution in [0, 0.1) is 11.8 Å². The number of benzene rings is 1. The van der Waals surface area contributed by atoms with Gasteiger partial charge in [-0.1, -0.05) is 22.4 Å². The Morgan fingerprint density at radius 3 is 2.61 bits per heavy atom. The van der Waals surface area contributed by atoms with Gasteiger partial charge in [-0.15, -0.1) is 12.4 Å². The third-order valence-corrected chi connectivity index (χ3v) is 6.07. The maximum Gasteiger partial charge on any atom is 0.162 e. The summed E-state index contributed by atoms with van der Waals surface area (Å²) in [6, 6.07) is 4.56. The van der Waals surface area contributed by atoms with Crippen LogP contribution < -0.4 is 15.2 Å². The Balaban J connectivity index is 0.00000156. The van der Waals surface area contributed by atoms with Crippen LogP contribution in [-0.2, 0) is 6.54 Å². The van der Waals surface area contributed by atoms with Crippen molar-refractivity contribution in [3.63, 3.8) is 0 Å². The monoisotopic (exact) mass is 402 g/mol. The lowest BCUT2D eigenvalue weighted by Gasteiger charge is -2.29. The molecule has 3 atom stereocenters. The van der Waals surface area contributed by atoms with Crippen LogP contribution in [0.25, 0.3) is 0 Å². The van der Waals surface area contributed by atoms with Gasteiger partial charge in [-0.3, -0.25) is 4.90 Å². The summed E-state index contributed by atoms with van der Waals surface area (Å²) in [6.45, 7) is 4.53. The first-order valence-electron chi connectivity index (χ1n) is 8.26. The predicted molar refractivity (Wildman–Crippen MR) is 96.5 cm³/mol. The Bertz CT molecular complexity index is 572. The van der Waals surface area contributed by atoms with Crippen LogP contribution in [0.4, 0.5) is 0 Å². The van der Waals surface area contributed by atoms with Gasteiger partial charge in [0.2, 0.25) is 0 Å². The third kappa shape index (κ3) is 3.48. The first-order valence-corrected chi connectivity index (χ1v) is 9.06. The zero-order chi connectivity index (χ0) is 15.1. The molecule has 6 heteroatoms. The zero-order valence-corrected chi connectivity index (χ0v) is 15.6. The molecule has 2 N–H and O–H groups in total. The summed E-state index contributed by atoms with van der Waals surface area (Å²) < 4.78 is 12.5. The highest BCUT2D eigenvalue weighted by atomic mass is 79.9. The van der Waals surface area contributed by atoms with E-state index in [4.69, 9.17) is 15.2 Å². The van der Waals surface area contributed by atoms with E-state index in [9.17, 15) is 0 Å². The lowest BCUT2D eigenvalue weighted by atomic mass is 9.78. The second-order valence-electron chi connectivity index (χ2n) is 6.80. The van der Waals surface area contributed by atoms with E-state index in [2.05, 4.69) is 26.9 Å². The van der Waals surface area contributed by atoms with E-state index >= 15 is 0 Å². The quantitative estimate of drug-likeness (QED) is 0.824. The minimum absolute atomic E-state index is 0. The van der Waals surface area contributed by atoms with Gasteiger partial charge in [0.25, 0.3) is 0 Å². The highest BCUT2D eigenvalue weighted by Crippen LogP contribution is 2.39. The Morgan fingerprint density at radius 2 is 1.87 bits per heavy atom. The molecular weight excluding hydrogens is 380 g/mol. The molecule has 3 unspecified atom stereocenters. The minimum atomic E-state index is 0. The number of hydrogen-bond donors (Lipinski definition) is 1. The highest BCUT2D eigenvalue weighted by Gasteiger charge is 2.38. The molecule has 0 aromatic heterocycles. The Labute approximate surface area is 152 Å². The molecule has 1 aliphatic carbocycles. The molecule has 0 radical (unpaired) electrons. The molecule has 3 aliphatic rings. The molecule has 0 bridgehead atoms. The first-order chi connectivity index (χ1) is 10.7. The van der Waals surface area contributed by atoms with Crippen LogP contribution in [0.15, 0.2) is 16.6 Å². The maximum atomic E-state index is 6.32. The normalized spacial score (nSPS) is 29.7. The van der Waals surface area contributed by atoms with Crippen molar-refractivity contribution in [3.05, 3.63) is 22.2 Å². The SMILES string of the molecule is Cl.NC1CCCC2CN(Cc3cc4c(cc3Br)OCCO4)CC12. The first kappa shape index (κ1) is 17.3. The van der Waals surface area contributed by atoms with Crippen molar-refractivity contribution in [2.75, 3.05) is 26.3 Å². The number of nitrogens with two attached hydrogens (primary N) is 1. The molecule has 0 spiro atoms. The van der Waals surface area contributed by atoms with E-state index in [0.29, 0.717) is 25.2 Å². The van der Waals surface area contributed by atoms with Gasteiger partial charge in [-0.05, 0) is 42.4 Å². The Kier molecular flexibility index (Phi) is 5.41. The second kappa shape index (κ2) is 7.18. The van der Waals surface area contributed by atoms with Crippen molar-refractivity contribution in [2.24, 2.45) is 17.6 Å². The molecule has 1 aromatic carbocycles. The number of nitrogens with zero attached hydrogens (tertiary/aromatic N) is 1. The van der Waals surface area contributed by atoms with E-state index in [1.807, 2.05) is 6.07 Å². The van der Waals surface area contributed by atoms with Gasteiger partial charge < -0.3 is 15.2 Å². The average Bonchev–Trinajstić information content (AvgIpc) is 2.92. The number of ether oxygens (including phenoxy) is 2. The molecule has 23 heavy (non-hydrogen) atoms. The number of halogens is 2. The second-order valence-corrected chi connectivity index (χ2v) is 7.65. The van der Waals surface area contributed by atoms with E-state index in [-0.39, 0.29) is 12.4 Å². The van der Waals surface area contributed by atoms with Crippen molar-refractivity contribution in [3.8, 4) is 11.5 Å². The molecule has 4 rings (SSSR count). The van der Waals surface area contributed by atoms with Gasteiger partial charge in [-0.2, -0.15) is 0 Å². The van der Waals surface area contributed by atoms with Crippen LogP contribution in [0.2, 0.25) is 0 Å². The topological polar surface area (TPSA) is 47.7 Å². The molecular formula is C17H24BrClN2O2. The lowest BCUT2D eigenvalue weighted by molar-refractivity contribution is 0.171. The zero-order valence-electron chi connectivity index (χ0n) is 13.2. The van der Waals surface area contributed by atoms with E-state index in [0.717, 1.165) is 35.0 Å². The summed E-state index contributed by atoms with van der Waals surface area (Å²) in [6.07, 6.45) is 3.84. The molecule has 0 amide bonds. The molecule has 2 heterocycles. The lowest BCUT2D eigenvalue weighted by Crippen LogP contribution is -2.38. The molecule has 1 aromatic rings. The van der Waals surface area contributed by atoms with Gasteiger partial charge >= 0.3 is 0 Å². The van der Waals surface area contributed by atoms with Crippen LogP contribution in [0.3, 0.4) is 0 Å². The summed E-state index contributed by atoms with van der Waals surface area (Å²) in [7, 11) is 0. The molecule has 1 saturated heterocycles. The van der Waals surface area contributed by atoms with Gasteiger partial charge in [0.05, 0.1) is 0 Å². The van der Waals surface area contributed by atoms with Crippen molar-refractivity contribution >= 4 is 28.3 Å². The van der Waals surface area contributed by atoms with E-state index in [1.165, 1.54) is 31.4 Å². The fourth-order valence-electron chi connectivity index (χ4n) is 4.21. The van der Waals surface area contributed by atoms with Crippen molar-refractivity contribution in [1.29, 1.82) is 0 Å². The van der Waals surface area contributed by atoms with Crippen molar-refractivity contribution in [2.45, 2.75) is 31.8 Å². The molecule has 4 nitrogen and oxygen atoms in total. The minimum Gasteiger partial charge on any atom is -0.486 e. The van der Waals surface area contributed by atoms with Crippen LogP contribution in [0.5, 0.6) is 11.5 Å². The molecule has 128 valence electrons. The summed E-state index contributed by atoms with van der Waals surface area (Å²) in [4.78, 5) is 2.55.